The second-order valence-electron chi connectivity index (χ2n) is 4.81. The van der Waals surface area contributed by atoms with Gasteiger partial charge in [-0.2, -0.15) is 0 Å². The average Bonchev–Trinajstić information content (AvgIpc) is 2.86. The molecule has 0 spiro atoms. The highest BCUT2D eigenvalue weighted by Gasteiger charge is 2.17. The number of aromatic amines is 1. The lowest BCUT2D eigenvalue weighted by Crippen LogP contribution is -2.21. The number of aromatic nitrogens is 1. The number of fused-ring (bicyclic) bond motifs is 1. The third-order valence-corrected chi connectivity index (χ3v) is 3.50. The maximum atomic E-state index is 13.1. The first-order valence-corrected chi connectivity index (χ1v) is 6.53. The summed E-state index contributed by atoms with van der Waals surface area (Å²) in [5.74, 6) is -0.255. The molecule has 2 aromatic carbocycles. The molecule has 1 heterocycles. The highest BCUT2D eigenvalue weighted by molar-refractivity contribution is 5.91. The largest absolute Gasteiger partial charge is 0.354 e. The lowest BCUT2D eigenvalue weighted by molar-refractivity contribution is 0.628. The maximum absolute atomic E-state index is 13.1. The molecule has 0 saturated heterocycles. The third kappa shape index (κ3) is 2.09. The number of halogens is 1. The smallest absolute Gasteiger partial charge is 0.123 e. The predicted molar refractivity (Wildman–Crippen MR) is 79.7 cm³/mol. The Morgan fingerprint density at radius 1 is 1.05 bits per heavy atom. The lowest BCUT2D eigenvalue weighted by atomic mass is 9.99. The summed E-state index contributed by atoms with van der Waals surface area (Å²) in [6.45, 7) is 0.357. The Balaban J connectivity index is 2.26. The fourth-order valence-corrected chi connectivity index (χ4v) is 2.51. The Bertz CT molecular complexity index is 731. The zero-order valence-electron chi connectivity index (χ0n) is 10.9. The molecule has 4 heteroatoms. The number of nitrogens with two attached hydrogens (primary N) is 2. The average molecular weight is 269 g/mol. The van der Waals surface area contributed by atoms with Crippen LogP contribution in [0.15, 0.2) is 48.5 Å². The summed E-state index contributed by atoms with van der Waals surface area (Å²) in [4.78, 5) is 3.36. The van der Waals surface area contributed by atoms with Crippen molar-refractivity contribution in [3.63, 3.8) is 0 Å². The van der Waals surface area contributed by atoms with E-state index in [9.17, 15) is 4.39 Å². The zero-order valence-corrected chi connectivity index (χ0v) is 10.9. The maximum Gasteiger partial charge on any atom is 0.123 e. The van der Waals surface area contributed by atoms with E-state index in [1.807, 2.05) is 24.3 Å². The normalized spacial score (nSPS) is 12.8. The fourth-order valence-electron chi connectivity index (χ4n) is 2.51. The van der Waals surface area contributed by atoms with Crippen molar-refractivity contribution in [2.24, 2.45) is 11.5 Å². The van der Waals surface area contributed by atoms with Crippen molar-refractivity contribution in [2.75, 3.05) is 6.54 Å². The summed E-state index contributed by atoms with van der Waals surface area (Å²) in [6, 6.07) is 14.1. The molecule has 1 unspecified atom stereocenters. The van der Waals surface area contributed by atoms with Crippen LogP contribution in [0.4, 0.5) is 4.39 Å². The second kappa shape index (κ2) is 5.07. The van der Waals surface area contributed by atoms with Gasteiger partial charge in [0.05, 0.1) is 5.69 Å². The van der Waals surface area contributed by atoms with Crippen molar-refractivity contribution in [2.45, 2.75) is 6.04 Å². The first kappa shape index (κ1) is 12.8. The summed E-state index contributed by atoms with van der Waals surface area (Å²) in [5.41, 5.74) is 15.7. The van der Waals surface area contributed by atoms with Crippen molar-refractivity contribution in [1.29, 1.82) is 0 Å². The van der Waals surface area contributed by atoms with E-state index in [0.717, 1.165) is 27.7 Å². The molecule has 1 aromatic heterocycles. The topological polar surface area (TPSA) is 67.8 Å². The quantitative estimate of drug-likeness (QED) is 0.684. The Morgan fingerprint density at radius 2 is 1.75 bits per heavy atom. The summed E-state index contributed by atoms with van der Waals surface area (Å²) in [5, 5.41) is 1.06. The number of hydrogen-bond donors (Lipinski definition) is 3. The molecule has 102 valence electrons. The molecule has 0 bridgehead atoms. The van der Waals surface area contributed by atoms with Gasteiger partial charge in [0.2, 0.25) is 0 Å². The van der Waals surface area contributed by atoms with Crippen LogP contribution in [0.25, 0.3) is 22.2 Å². The highest BCUT2D eigenvalue weighted by Crippen LogP contribution is 2.33. The van der Waals surface area contributed by atoms with Gasteiger partial charge in [-0.25, -0.2) is 4.39 Å². The van der Waals surface area contributed by atoms with Crippen LogP contribution in [-0.2, 0) is 0 Å². The molecule has 5 N–H and O–H groups in total. The number of benzene rings is 2. The van der Waals surface area contributed by atoms with Crippen LogP contribution in [0.2, 0.25) is 0 Å². The minimum Gasteiger partial charge on any atom is -0.354 e. The van der Waals surface area contributed by atoms with E-state index in [1.165, 1.54) is 12.1 Å². The molecule has 0 amide bonds. The van der Waals surface area contributed by atoms with E-state index >= 15 is 0 Å². The van der Waals surface area contributed by atoms with Crippen LogP contribution in [0, 0.1) is 5.82 Å². The molecule has 0 fully saturated rings. The van der Waals surface area contributed by atoms with Crippen LogP contribution in [0.5, 0.6) is 0 Å². The Labute approximate surface area is 116 Å². The SMILES string of the molecule is NCC(N)c1c(-c2ccc(F)cc2)[nH]c2ccccc12. The molecule has 0 aliphatic heterocycles. The first-order valence-electron chi connectivity index (χ1n) is 6.53. The van der Waals surface area contributed by atoms with Gasteiger partial charge >= 0.3 is 0 Å². The lowest BCUT2D eigenvalue weighted by Gasteiger charge is -2.11. The molecular formula is C16H16FN3. The van der Waals surface area contributed by atoms with Crippen LogP contribution in [-0.4, -0.2) is 11.5 Å². The molecule has 20 heavy (non-hydrogen) atoms. The van der Waals surface area contributed by atoms with E-state index < -0.39 is 0 Å². The van der Waals surface area contributed by atoms with Crippen LogP contribution in [0.1, 0.15) is 11.6 Å². The van der Waals surface area contributed by atoms with Crippen LogP contribution < -0.4 is 11.5 Å². The minimum atomic E-state index is -0.258. The molecule has 0 aliphatic carbocycles. The molecule has 3 rings (SSSR count). The molecule has 0 saturated carbocycles. The van der Waals surface area contributed by atoms with Crippen molar-refractivity contribution < 1.29 is 4.39 Å². The van der Waals surface area contributed by atoms with Gasteiger partial charge in [-0.1, -0.05) is 18.2 Å². The predicted octanol–water partition coefficient (Wildman–Crippen LogP) is 2.93. The van der Waals surface area contributed by atoms with Gasteiger partial charge in [0.15, 0.2) is 0 Å². The van der Waals surface area contributed by atoms with E-state index in [2.05, 4.69) is 4.98 Å². The van der Waals surface area contributed by atoms with Crippen molar-refractivity contribution in [1.82, 2.24) is 4.98 Å². The molecule has 0 radical (unpaired) electrons. The van der Waals surface area contributed by atoms with E-state index in [1.54, 1.807) is 12.1 Å². The number of para-hydroxylation sites is 1. The van der Waals surface area contributed by atoms with Gasteiger partial charge in [-0.3, -0.25) is 0 Å². The van der Waals surface area contributed by atoms with Gasteiger partial charge in [-0.05, 0) is 35.9 Å². The van der Waals surface area contributed by atoms with Gasteiger partial charge in [0, 0.05) is 29.1 Å². The van der Waals surface area contributed by atoms with E-state index in [4.69, 9.17) is 11.5 Å². The summed E-state index contributed by atoms with van der Waals surface area (Å²) < 4.78 is 13.1. The fraction of sp³-hybridized carbons (Fsp3) is 0.125. The Morgan fingerprint density at radius 3 is 2.45 bits per heavy atom. The van der Waals surface area contributed by atoms with Crippen molar-refractivity contribution in [3.05, 3.63) is 59.9 Å². The Kier molecular flexibility index (Phi) is 3.26. The van der Waals surface area contributed by atoms with Gasteiger partial charge in [-0.15, -0.1) is 0 Å². The summed E-state index contributed by atoms with van der Waals surface area (Å²) in [6.07, 6.45) is 0. The number of rotatable bonds is 3. The van der Waals surface area contributed by atoms with Gasteiger partial charge in [0.25, 0.3) is 0 Å². The van der Waals surface area contributed by atoms with Crippen LogP contribution >= 0.6 is 0 Å². The first-order chi connectivity index (χ1) is 9.70. The van der Waals surface area contributed by atoms with E-state index in [-0.39, 0.29) is 11.9 Å². The molecule has 1 atom stereocenters. The van der Waals surface area contributed by atoms with Crippen LogP contribution in [0.3, 0.4) is 0 Å². The number of hydrogen-bond acceptors (Lipinski definition) is 2. The van der Waals surface area contributed by atoms with Crippen molar-refractivity contribution >= 4 is 10.9 Å². The zero-order chi connectivity index (χ0) is 14.1. The molecule has 3 nitrogen and oxygen atoms in total. The summed E-state index contributed by atoms with van der Waals surface area (Å²) in [7, 11) is 0. The molecular weight excluding hydrogens is 253 g/mol. The standard InChI is InChI=1S/C16H16FN3/c17-11-7-5-10(6-8-11)16-15(13(19)9-18)12-3-1-2-4-14(12)20-16/h1-8,13,20H,9,18-19H2. The van der Waals surface area contributed by atoms with Gasteiger partial charge < -0.3 is 16.5 Å². The van der Waals surface area contributed by atoms with Gasteiger partial charge in [0.1, 0.15) is 5.82 Å². The highest BCUT2D eigenvalue weighted by atomic mass is 19.1. The monoisotopic (exact) mass is 269 g/mol. The van der Waals surface area contributed by atoms with E-state index in [0.29, 0.717) is 6.54 Å². The Hall–Kier alpha value is -2.17. The minimum absolute atomic E-state index is 0.255. The molecule has 3 aromatic rings. The van der Waals surface area contributed by atoms with Crippen molar-refractivity contribution in [3.8, 4) is 11.3 Å². The number of H-pyrrole nitrogens is 1. The second-order valence-corrected chi connectivity index (χ2v) is 4.81. The summed E-state index contributed by atoms with van der Waals surface area (Å²) >= 11 is 0. The number of nitrogens with one attached hydrogen (secondary N) is 1. The third-order valence-electron chi connectivity index (χ3n) is 3.50. The molecule has 0 aliphatic rings.